The lowest BCUT2D eigenvalue weighted by molar-refractivity contribution is -0.163. The molecule has 4 atom stereocenters. The maximum atomic E-state index is 14.0. The van der Waals surface area contributed by atoms with Gasteiger partial charge in [-0.05, 0) is 101 Å². The molecule has 3 heterocycles. The molecule has 0 radical (unpaired) electrons. The average molecular weight is 425 g/mol. The minimum Gasteiger partial charge on any atom is -0.336 e. The lowest BCUT2D eigenvalue weighted by Gasteiger charge is -2.57. The first-order valence-corrected chi connectivity index (χ1v) is 12.8. The van der Waals surface area contributed by atoms with Gasteiger partial charge in [-0.3, -0.25) is 9.59 Å². The number of nitrogens with two attached hydrogens (primary N) is 1. The maximum absolute atomic E-state index is 14.0. The number of likely N-dealkylation sites (tertiary alicyclic amines) is 1. The zero-order valence-electron chi connectivity index (χ0n) is 18.5. The molecule has 4 saturated carbocycles. The van der Waals surface area contributed by atoms with Crippen LogP contribution in [0.3, 0.4) is 0 Å². The van der Waals surface area contributed by atoms with Crippen molar-refractivity contribution in [3.63, 3.8) is 0 Å². The van der Waals surface area contributed by atoms with E-state index in [1.165, 1.54) is 19.3 Å². The highest BCUT2D eigenvalue weighted by atomic mass is 16.2. The highest BCUT2D eigenvalue weighted by molar-refractivity contribution is 5.85. The Labute approximate surface area is 185 Å². The third-order valence-electron chi connectivity index (χ3n) is 9.97. The zero-order chi connectivity index (χ0) is 21.3. The quantitative estimate of drug-likeness (QED) is 0.754. The minimum atomic E-state index is -0.533. The maximum Gasteiger partial charge on any atom is 0.240 e. The van der Waals surface area contributed by atoms with E-state index >= 15 is 0 Å². The molecule has 7 rings (SSSR count). The third kappa shape index (κ3) is 3.06. The van der Waals surface area contributed by atoms with Crippen LogP contribution in [0.25, 0.3) is 0 Å². The summed E-state index contributed by atoms with van der Waals surface area (Å²) in [4.78, 5) is 31.1. The first-order chi connectivity index (χ1) is 15.0. The summed E-state index contributed by atoms with van der Waals surface area (Å²) in [5.74, 6) is 2.89. The van der Waals surface area contributed by atoms with Gasteiger partial charge < -0.3 is 15.5 Å². The molecule has 3 aliphatic heterocycles. The SMILES string of the molecule is N#CC1CCCN1C(=O)C(N)C1CC2CCC(C1)N2C(=O)C12CC3CC(CC(C3)C1)C2. The fraction of sp³-hybridized carbons (Fsp3) is 0.880. The van der Waals surface area contributed by atoms with Gasteiger partial charge in [0.1, 0.15) is 6.04 Å². The molecular weight excluding hydrogens is 388 g/mol. The molecule has 0 aromatic rings. The summed E-state index contributed by atoms with van der Waals surface area (Å²) >= 11 is 0. The van der Waals surface area contributed by atoms with Crippen molar-refractivity contribution >= 4 is 11.8 Å². The lowest BCUT2D eigenvalue weighted by atomic mass is 9.49. The van der Waals surface area contributed by atoms with E-state index in [0.717, 1.165) is 75.5 Å². The Morgan fingerprint density at radius 2 is 1.52 bits per heavy atom. The summed E-state index contributed by atoms with van der Waals surface area (Å²) in [6.07, 6.45) is 12.9. The molecule has 0 aromatic carbocycles. The van der Waals surface area contributed by atoms with Gasteiger partial charge in [-0.2, -0.15) is 5.26 Å². The highest BCUT2D eigenvalue weighted by Crippen LogP contribution is 2.61. The van der Waals surface area contributed by atoms with Crippen LogP contribution in [-0.4, -0.2) is 52.3 Å². The average Bonchev–Trinajstić information content (AvgIpc) is 3.32. The number of fused-ring (bicyclic) bond motifs is 2. The number of rotatable bonds is 3. The second-order valence-corrected chi connectivity index (χ2v) is 11.9. The molecular formula is C25H36N4O2. The molecule has 6 nitrogen and oxygen atoms in total. The van der Waals surface area contributed by atoms with E-state index < -0.39 is 6.04 Å². The summed E-state index contributed by atoms with van der Waals surface area (Å²) in [5.41, 5.74) is 6.43. The number of amides is 2. The van der Waals surface area contributed by atoms with E-state index in [2.05, 4.69) is 11.0 Å². The lowest BCUT2D eigenvalue weighted by Crippen LogP contribution is -2.60. The van der Waals surface area contributed by atoms with Crippen molar-refractivity contribution in [2.24, 2.45) is 34.8 Å². The number of carbonyl (C=O) groups is 2. The van der Waals surface area contributed by atoms with Gasteiger partial charge in [0.15, 0.2) is 0 Å². The van der Waals surface area contributed by atoms with Crippen molar-refractivity contribution in [2.45, 2.75) is 101 Å². The molecule has 2 N–H and O–H groups in total. The van der Waals surface area contributed by atoms with Gasteiger partial charge in [-0.1, -0.05) is 0 Å². The van der Waals surface area contributed by atoms with Crippen LogP contribution in [-0.2, 0) is 9.59 Å². The Bertz CT molecular complexity index is 770. The van der Waals surface area contributed by atoms with Crippen LogP contribution in [0.1, 0.15) is 77.0 Å². The third-order valence-corrected chi connectivity index (χ3v) is 9.97. The highest BCUT2D eigenvalue weighted by Gasteiger charge is 2.58. The topological polar surface area (TPSA) is 90.4 Å². The number of nitriles is 1. The summed E-state index contributed by atoms with van der Waals surface area (Å²) in [5, 5.41) is 9.36. The van der Waals surface area contributed by atoms with E-state index in [9.17, 15) is 14.9 Å². The van der Waals surface area contributed by atoms with Crippen LogP contribution in [0.15, 0.2) is 0 Å². The van der Waals surface area contributed by atoms with Gasteiger partial charge in [0.05, 0.1) is 17.5 Å². The summed E-state index contributed by atoms with van der Waals surface area (Å²) in [6, 6.07) is 1.93. The number of carbonyl (C=O) groups excluding carboxylic acids is 2. The fourth-order valence-corrected chi connectivity index (χ4v) is 9.05. The molecule has 7 fully saturated rings. The molecule has 4 aliphatic carbocycles. The fourth-order valence-electron chi connectivity index (χ4n) is 9.05. The van der Waals surface area contributed by atoms with Gasteiger partial charge in [-0.25, -0.2) is 0 Å². The molecule has 7 aliphatic rings. The smallest absolute Gasteiger partial charge is 0.240 e. The molecule has 4 unspecified atom stereocenters. The van der Waals surface area contributed by atoms with Crippen molar-refractivity contribution < 1.29 is 9.59 Å². The Hall–Kier alpha value is -1.61. The Kier molecular flexibility index (Phi) is 4.65. The molecule has 0 aromatic heterocycles. The predicted octanol–water partition coefficient (Wildman–Crippen LogP) is 2.81. The Morgan fingerprint density at radius 3 is 2.06 bits per heavy atom. The largest absolute Gasteiger partial charge is 0.336 e. The molecule has 6 bridgehead atoms. The van der Waals surface area contributed by atoms with Crippen LogP contribution in [0.5, 0.6) is 0 Å². The van der Waals surface area contributed by atoms with Crippen LogP contribution >= 0.6 is 0 Å². The number of nitrogens with zero attached hydrogens (tertiary/aromatic N) is 3. The van der Waals surface area contributed by atoms with Gasteiger partial charge >= 0.3 is 0 Å². The second-order valence-electron chi connectivity index (χ2n) is 11.9. The van der Waals surface area contributed by atoms with E-state index in [-0.39, 0.29) is 35.4 Å². The van der Waals surface area contributed by atoms with Crippen LogP contribution in [0.4, 0.5) is 0 Å². The van der Waals surface area contributed by atoms with Crippen molar-refractivity contribution in [2.75, 3.05) is 6.54 Å². The second kappa shape index (κ2) is 7.20. The normalized spacial score (nSPS) is 46.3. The van der Waals surface area contributed by atoms with Gasteiger partial charge in [0.2, 0.25) is 11.8 Å². The summed E-state index contributed by atoms with van der Waals surface area (Å²) in [6.45, 7) is 0.654. The van der Waals surface area contributed by atoms with Gasteiger partial charge in [0.25, 0.3) is 0 Å². The first-order valence-electron chi connectivity index (χ1n) is 12.8. The van der Waals surface area contributed by atoms with Gasteiger partial charge in [0, 0.05) is 18.6 Å². The van der Waals surface area contributed by atoms with Crippen LogP contribution in [0, 0.1) is 40.4 Å². The molecule has 3 saturated heterocycles. The van der Waals surface area contributed by atoms with Crippen LogP contribution < -0.4 is 5.73 Å². The minimum absolute atomic E-state index is 0.0469. The van der Waals surface area contributed by atoms with Crippen molar-refractivity contribution in [1.82, 2.24) is 9.80 Å². The number of piperidine rings is 1. The van der Waals surface area contributed by atoms with E-state index in [1.54, 1.807) is 4.90 Å². The van der Waals surface area contributed by atoms with Crippen molar-refractivity contribution in [3.05, 3.63) is 0 Å². The standard InChI is InChI=1S/C25H36N4O2/c26-14-21-2-1-5-28(21)23(30)22(27)18-9-19-3-4-20(10-18)29(19)24(31)25-11-15-6-16(12-25)8-17(7-15)13-25/h15-22H,1-13,27H2. The number of hydrogen-bond donors (Lipinski definition) is 1. The Balaban J connectivity index is 1.16. The first kappa shape index (κ1) is 20.0. The molecule has 6 heteroatoms. The predicted molar refractivity (Wildman–Crippen MR) is 115 cm³/mol. The Morgan fingerprint density at radius 1 is 0.935 bits per heavy atom. The summed E-state index contributed by atoms with van der Waals surface area (Å²) < 4.78 is 0. The monoisotopic (exact) mass is 424 g/mol. The van der Waals surface area contributed by atoms with E-state index in [4.69, 9.17) is 5.73 Å². The number of hydrogen-bond acceptors (Lipinski definition) is 4. The van der Waals surface area contributed by atoms with Gasteiger partial charge in [-0.15, -0.1) is 0 Å². The van der Waals surface area contributed by atoms with Crippen molar-refractivity contribution in [1.29, 1.82) is 5.26 Å². The molecule has 168 valence electrons. The molecule has 0 spiro atoms. The zero-order valence-corrected chi connectivity index (χ0v) is 18.5. The van der Waals surface area contributed by atoms with Crippen LogP contribution in [0.2, 0.25) is 0 Å². The molecule has 2 amide bonds. The van der Waals surface area contributed by atoms with E-state index in [1.807, 2.05) is 0 Å². The molecule has 31 heavy (non-hydrogen) atoms. The van der Waals surface area contributed by atoms with E-state index in [0.29, 0.717) is 12.5 Å². The van der Waals surface area contributed by atoms with Crippen molar-refractivity contribution in [3.8, 4) is 6.07 Å². The summed E-state index contributed by atoms with van der Waals surface area (Å²) in [7, 11) is 0.